The van der Waals surface area contributed by atoms with Crippen LogP contribution in [0.15, 0.2) is 60.5 Å². The summed E-state index contributed by atoms with van der Waals surface area (Å²) >= 11 is 0. The van der Waals surface area contributed by atoms with Crippen molar-refractivity contribution >= 4 is 11.6 Å². The highest BCUT2D eigenvalue weighted by atomic mass is 16.1. The van der Waals surface area contributed by atoms with Crippen LogP contribution in [0.25, 0.3) is 0 Å². The van der Waals surface area contributed by atoms with Gasteiger partial charge in [0.05, 0.1) is 5.57 Å². The second kappa shape index (κ2) is 6.55. The van der Waals surface area contributed by atoms with Crippen molar-refractivity contribution in [1.29, 1.82) is 0 Å². The number of carbonyl (C=O) groups excluding carboxylic acids is 2. The Balaban J connectivity index is 2.81. The van der Waals surface area contributed by atoms with E-state index in [4.69, 9.17) is 0 Å². The van der Waals surface area contributed by atoms with Gasteiger partial charge in [0.1, 0.15) is 0 Å². The Bertz CT molecular complexity index is 447. The first-order valence-corrected chi connectivity index (χ1v) is 5.71. The van der Waals surface area contributed by atoms with Crippen molar-refractivity contribution in [3.8, 4) is 0 Å². The van der Waals surface area contributed by atoms with Crippen LogP contribution < -0.4 is 0 Å². The molecule has 0 aliphatic carbocycles. The molecule has 0 saturated heterocycles. The van der Waals surface area contributed by atoms with Crippen LogP contribution in [-0.4, -0.2) is 23.0 Å². The Labute approximate surface area is 107 Å². The molecule has 0 aromatic carbocycles. The number of hydrogen-bond acceptors (Lipinski definition) is 3. The summed E-state index contributed by atoms with van der Waals surface area (Å²) in [5.41, 5.74) is 1.16. The molecule has 1 aliphatic heterocycles. The molecule has 0 aromatic rings. The minimum absolute atomic E-state index is 0.212. The Kier molecular flexibility index (Phi) is 5.06. The van der Waals surface area contributed by atoms with Gasteiger partial charge in [-0.2, -0.15) is 0 Å². The zero-order valence-electron chi connectivity index (χ0n) is 10.7. The average molecular weight is 243 g/mol. The molecule has 0 fully saturated rings. The number of carbonyl (C=O) groups is 2. The van der Waals surface area contributed by atoms with Gasteiger partial charge in [0.15, 0.2) is 11.6 Å². The van der Waals surface area contributed by atoms with E-state index in [2.05, 4.69) is 6.58 Å². The lowest BCUT2D eigenvalue weighted by Crippen LogP contribution is -2.11. The van der Waals surface area contributed by atoms with Gasteiger partial charge in [-0.15, -0.1) is 6.58 Å². The predicted molar refractivity (Wildman–Crippen MR) is 72.7 cm³/mol. The molecule has 3 nitrogen and oxygen atoms in total. The lowest BCUT2D eigenvalue weighted by molar-refractivity contribution is -0.119. The Morgan fingerprint density at radius 2 is 1.78 bits per heavy atom. The third-order valence-corrected chi connectivity index (χ3v) is 2.46. The highest BCUT2D eigenvalue weighted by Crippen LogP contribution is 2.10. The number of rotatable bonds is 5. The summed E-state index contributed by atoms with van der Waals surface area (Å²) in [5.74, 6) is -0.423. The first-order valence-electron chi connectivity index (χ1n) is 5.71. The quantitative estimate of drug-likeness (QED) is 0.322. The standard InChI is InChI=1S/C15H17NO2/c1-4-9-16-10-7-14(8-11-16)5-6-15(12(2)17)13(3)18/h4-8,10-11H,1,9H2,2-3H3. The lowest BCUT2D eigenvalue weighted by Gasteiger charge is -2.16. The molecule has 1 rings (SSSR count). The van der Waals surface area contributed by atoms with Crippen molar-refractivity contribution in [3.63, 3.8) is 0 Å². The van der Waals surface area contributed by atoms with E-state index in [1.165, 1.54) is 13.8 Å². The third kappa shape index (κ3) is 4.01. The van der Waals surface area contributed by atoms with Crippen molar-refractivity contribution in [2.75, 3.05) is 6.54 Å². The van der Waals surface area contributed by atoms with Crippen molar-refractivity contribution in [1.82, 2.24) is 4.90 Å². The fraction of sp³-hybridized carbons (Fsp3) is 0.200. The largest absolute Gasteiger partial charge is 0.350 e. The maximum absolute atomic E-state index is 11.2. The second-order valence-corrected chi connectivity index (χ2v) is 3.98. The minimum Gasteiger partial charge on any atom is -0.350 e. The minimum atomic E-state index is -0.212. The van der Waals surface area contributed by atoms with Crippen molar-refractivity contribution in [3.05, 3.63) is 60.5 Å². The van der Waals surface area contributed by atoms with E-state index in [1.54, 1.807) is 12.2 Å². The lowest BCUT2D eigenvalue weighted by atomic mass is 10.1. The molecule has 3 heteroatoms. The van der Waals surface area contributed by atoms with E-state index in [9.17, 15) is 9.59 Å². The highest BCUT2D eigenvalue weighted by molar-refractivity contribution is 6.18. The molecule has 0 bridgehead atoms. The van der Waals surface area contributed by atoms with E-state index in [0.29, 0.717) is 0 Å². The molecule has 0 saturated carbocycles. The average Bonchev–Trinajstić information content (AvgIpc) is 2.31. The first kappa shape index (κ1) is 13.9. The third-order valence-electron chi connectivity index (χ3n) is 2.46. The van der Waals surface area contributed by atoms with Crippen LogP contribution in [0.2, 0.25) is 0 Å². The van der Waals surface area contributed by atoms with Gasteiger partial charge in [-0.1, -0.05) is 12.2 Å². The van der Waals surface area contributed by atoms with E-state index >= 15 is 0 Å². The van der Waals surface area contributed by atoms with Crippen LogP contribution >= 0.6 is 0 Å². The predicted octanol–water partition coefficient (Wildman–Crippen LogP) is 2.55. The van der Waals surface area contributed by atoms with Crippen LogP contribution in [0.3, 0.4) is 0 Å². The molecule has 0 spiro atoms. The van der Waals surface area contributed by atoms with Gasteiger partial charge >= 0.3 is 0 Å². The number of allylic oxidation sites excluding steroid dienone is 6. The highest BCUT2D eigenvalue weighted by Gasteiger charge is 2.07. The summed E-state index contributed by atoms with van der Waals surface area (Å²) < 4.78 is 0. The molecule has 0 N–H and O–H groups in total. The van der Waals surface area contributed by atoms with Gasteiger partial charge in [-0.25, -0.2) is 0 Å². The second-order valence-electron chi connectivity index (χ2n) is 3.98. The number of ketones is 2. The molecule has 0 unspecified atom stereocenters. The van der Waals surface area contributed by atoms with E-state index in [1.807, 2.05) is 35.5 Å². The summed E-state index contributed by atoms with van der Waals surface area (Å²) in [6.45, 7) is 7.20. The Hall–Kier alpha value is -2.16. The summed E-state index contributed by atoms with van der Waals surface area (Å²) in [7, 11) is 0. The van der Waals surface area contributed by atoms with Crippen LogP contribution in [0.5, 0.6) is 0 Å². The SMILES string of the molecule is C=CCN1C=CC(=CC=C(C(C)=O)C(C)=O)C=C1. The van der Waals surface area contributed by atoms with Crippen LogP contribution in [0, 0.1) is 0 Å². The van der Waals surface area contributed by atoms with Gasteiger partial charge in [0.25, 0.3) is 0 Å². The fourth-order valence-corrected chi connectivity index (χ4v) is 1.51. The first-order chi connectivity index (χ1) is 8.54. The van der Waals surface area contributed by atoms with E-state index in [-0.39, 0.29) is 17.1 Å². The van der Waals surface area contributed by atoms with Crippen molar-refractivity contribution < 1.29 is 9.59 Å². The molecular weight excluding hydrogens is 226 g/mol. The van der Waals surface area contributed by atoms with Crippen LogP contribution in [-0.2, 0) is 9.59 Å². The van der Waals surface area contributed by atoms with Gasteiger partial charge in [0.2, 0.25) is 0 Å². The fourth-order valence-electron chi connectivity index (χ4n) is 1.51. The maximum Gasteiger partial charge on any atom is 0.163 e. The normalized spacial score (nSPS) is 13.2. The molecule has 0 amide bonds. The molecule has 1 heterocycles. The summed E-state index contributed by atoms with van der Waals surface area (Å²) in [4.78, 5) is 24.4. The molecular formula is C15H17NO2. The van der Waals surface area contributed by atoms with E-state index in [0.717, 1.165) is 12.1 Å². The van der Waals surface area contributed by atoms with Crippen LogP contribution in [0.1, 0.15) is 13.8 Å². The molecule has 18 heavy (non-hydrogen) atoms. The van der Waals surface area contributed by atoms with Gasteiger partial charge in [0, 0.05) is 18.9 Å². The van der Waals surface area contributed by atoms with Gasteiger partial charge in [-0.3, -0.25) is 9.59 Å². The Morgan fingerprint density at radius 3 is 2.22 bits per heavy atom. The molecule has 94 valence electrons. The number of hydrogen-bond donors (Lipinski definition) is 0. The molecule has 0 radical (unpaired) electrons. The Morgan fingerprint density at radius 1 is 1.22 bits per heavy atom. The molecule has 0 aromatic heterocycles. The molecule has 1 aliphatic rings. The number of Topliss-reactive ketones (excluding diaryl/α,β-unsaturated/α-hetero) is 2. The summed E-state index contributed by atoms with van der Waals surface area (Å²) in [6.07, 6.45) is 12.8. The smallest absolute Gasteiger partial charge is 0.163 e. The molecule has 0 atom stereocenters. The van der Waals surface area contributed by atoms with E-state index < -0.39 is 0 Å². The van der Waals surface area contributed by atoms with Crippen molar-refractivity contribution in [2.45, 2.75) is 13.8 Å². The van der Waals surface area contributed by atoms with Gasteiger partial charge < -0.3 is 4.90 Å². The zero-order valence-corrected chi connectivity index (χ0v) is 10.7. The zero-order chi connectivity index (χ0) is 13.5. The summed E-state index contributed by atoms with van der Waals surface area (Å²) in [5, 5.41) is 0. The topological polar surface area (TPSA) is 37.4 Å². The van der Waals surface area contributed by atoms with Gasteiger partial charge in [-0.05, 0) is 37.6 Å². The van der Waals surface area contributed by atoms with Crippen molar-refractivity contribution in [2.24, 2.45) is 0 Å². The summed E-state index contributed by atoms with van der Waals surface area (Å²) in [6, 6.07) is 0. The maximum atomic E-state index is 11.2. The van der Waals surface area contributed by atoms with Crippen LogP contribution in [0.4, 0.5) is 0 Å². The monoisotopic (exact) mass is 243 g/mol. The number of nitrogens with zero attached hydrogens (tertiary/aromatic N) is 1.